The second-order valence-electron chi connectivity index (χ2n) is 4.69. The SMILES string of the molecule is CC(C)(C)c1nc2cccc(CO)c2s1. The number of thiazole rings is 1. The van der Waals surface area contributed by atoms with Crippen molar-refractivity contribution in [2.45, 2.75) is 32.8 Å². The van der Waals surface area contributed by atoms with Gasteiger partial charge in [0.25, 0.3) is 0 Å². The lowest BCUT2D eigenvalue weighted by Gasteiger charge is -2.13. The highest BCUT2D eigenvalue weighted by Gasteiger charge is 2.19. The largest absolute Gasteiger partial charge is 0.392 e. The van der Waals surface area contributed by atoms with E-state index in [0.29, 0.717) is 0 Å². The Hall–Kier alpha value is -0.930. The lowest BCUT2D eigenvalue weighted by Crippen LogP contribution is -2.09. The molecule has 0 saturated carbocycles. The van der Waals surface area contributed by atoms with Crippen molar-refractivity contribution in [2.24, 2.45) is 0 Å². The molecule has 0 bridgehead atoms. The first-order chi connectivity index (χ1) is 7.02. The molecule has 1 heterocycles. The number of hydrogen-bond acceptors (Lipinski definition) is 3. The fourth-order valence-corrected chi connectivity index (χ4v) is 2.58. The molecule has 0 aliphatic carbocycles. The Morgan fingerprint density at radius 1 is 1.33 bits per heavy atom. The van der Waals surface area contributed by atoms with Crippen molar-refractivity contribution in [2.75, 3.05) is 0 Å². The number of nitrogens with zero attached hydrogens (tertiary/aromatic N) is 1. The van der Waals surface area contributed by atoms with Crippen molar-refractivity contribution in [3.63, 3.8) is 0 Å². The molecule has 0 spiro atoms. The zero-order chi connectivity index (χ0) is 11.1. The molecule has 2 rings (SSSR count). The second kappa shape index (κ2) is 3.58. The Labute approximate surface area is 93.6 Å². The van der Waals surface area contributed by atoms with Gasteiger partial charge in [0.2, 0.25) is 0 Å². The van der Waals surface area contributed by atoms with Gasteiger partial charge in [0.15, 0.2) is 0 Å². The fourth-order valence-electron chi connectivity index (χ4n) is 1.45. The zero-order valence-electron chi connectivity index (χ0n) is 9.24. The molecule has 15 heavy (non-hydrogen) atoms. The highest BCUT2D eigenvalue weighted by atomic mass is 32.1. The number of benzene rings is 1. The van der Waals surface area contributed by atoms with Gasteiger partial charge in [0, 0.05) is 5.41 Å². The Kier molecular flexibility index (Phi) is 2.52. The van der Waals surface area contributed by atoms with Crippen LogP contribution in [0.4, 0.5) is 0 Å². The quantitative estimate of drug-likeness (QED) is 0.802. The average molecular weight is 221 g/mol. The summed E-state index contributed by atoms with van der Waals surface area (Å²) in [4.78, 5) is 4.60. The maximum Gasteiger partial charge on any atom is 0.0992 e. The fraction of sp³-hybridized carbons (Fsp3) is 0.417. The molecule has 3 heteroatoms. The highest BCUT2D eigenvalue weighted by Crippen LogP contribution is 2.32. The Morgan fingerprint density at radius 2 is 2.07 bits per heavy atom. The normalized spacial score (nSPS) is 12.3. The minimum Gasteiger partial charge on any atom is -0.392 e. The van der Waals surface area contributed by atoms with Crippen LogP contribution in [0.15, 0.2) is 18.2 Å². The van der Waals surface area contributed by atoms with Gasteiger partial charge in [-0.15, -0.1) is 11.3 Å². The Morgan fingerprint density at radius 3 is 2.67 bits per heavy atom. The molecule has 0 amide bonds. The third kappa shape index (κ3) is 1.90. The van der Waals surface area contributed by atoms with Gasteiger partial charge in [-0.2, -0.15) is 0 Å². The van der Waals surface area contributed by atoms with Gasteiger partial charge in [0.1, 0.15) is 0 Å². The van der Waals surface area contributed by atoms with Crippen molar-refractivity contribution < 1.29 is 5.11 Å². The van der Waals surface area contributed by atoms with Gasteiger partial charge in [-0.25, -0.2) is 4.98 Å². The molecule has 0 aliphatic rings. The van der Waals surface area contributed by atoms with E-state index in [9.17, 15) is 5.11 Å². The molecule has 80 valence electrons. The summed E-state index contributed by atoms with van der Waals surface area (Å²) in [5, 5.41) is 10.4. The molecule has 0 radical (unpaired) electrons. The average Bonchev–Trinajstić information content (AvgIpc) is 2.59. The van der Waals surface area contributed by atoms with Crippen LogP contribution in [-0.2, 0) is 12.0 Å². The molecule has 1 aromatic carbocycles. The minimum absolute atomic E-state index is 0.0798. The van der Waals surface area contributed by atoms with Gasteiger partial charge in [-0.3, -0.25) is 0 Å². The van der Waals surface area contributed by atoms with Crippen LogP contribution in [0.5, 0.6) is 0 Å². The molecule has 0 fully saturated rings. The first-order valence-electron chi connectivity index (χ1n) is 5.02. The van der Waals surface area contributed by atoms with E-state index in [1.807, 2.05) is 18.2 Å². The Bertz CT molecular complexity index is 482. The van der Waals surface area contributed by atoms with E-state index < -0.39 is 0 Å². The van der Waals surface area contributed by atoms with Gasteiger partial charge in [-0.1, -0.05) is 32.9 Å². The first-order valence-corrected chi connectivity index (χ1v) is 5.84. The molecule has 1 N–H and O–H groups in total. The second-order valence-corrected chi connectivity index (χ2v) is 5.69. The molecule has 1 aromatic heterocycles. The molecule has 2 nitrogen and oxygen atoms in total. The number of hydrogen-bond donors (Lipinski definition) is 1. The van der Waals surface area contributed by atoms with Gasteiger partial charge < -0.3 is 5.11 Å². The smallest absolute Gasteiger partial charge is 0.0992 e. The lowest BCUT2D eigenvalue weighted by atomic mass is 9.98. The molecular weight excluding hydrogens is 206 g/mol. The van der Waals surface area contributed by atoms with E-state index >= 15 is 0 Å². The Balaban J connectivity index is 2.65. The van der Waals surface area contributed by atoms with Crippen molar-refractivity contribution in [1.82, 2.24) is 4.98 Å². The van der Waals surface area contributed by atoms with Crippen LogP contribution in [0.1, 0.15) is 31.3 Å². The van der Waals surface area contributed by atoms with Gasteiger partial charge >= 0.3 is 0 Å². The zero-order valence-corrected chi connectivity index (χ0v) is 10.1. The van der Waals surface area contributed by atoms with E-state index in [2.05, 4.69) is 25.8 Å². The predicted octanol–water partition coefficient (Wildman–Crippen LogP) is 3.09. The van der Waals surface area contributed by atoms with Crippen molar-refractivity contribution in [3.8, 4) is 0 Å². The third-order valence-corrected chi connectivity index (χ3v) is 3.88. The summed E-state index contributed by atoms with van der Waals surface area (Å²) in [6.07, 6.45) is 0. The van der Waals surface area contributed by atoms with Crippen LogP contribution < -0.4 is 0 Å². The summed E-state index contributed by atoms with van der Waals surface area (Å²) in [7, 11) is 0. The standard InChI is InChI=1S/C12H15NOS/c1-12(2,3)11-13-9-6-4-5-8(7-14)10(9)15-11/h4-6,14H,7H2,1-3H3. The van der Waals surface area contributed by atoms with Gasteiger partial charge in [-0.05, 0) is 11.6 Å². The molecular formula is C12H15NOS. The van der Waals surface area contributed by atoms with Crippen LogP contribution >= 0.6 is 11.3 Å². The molecule has 0 unspecified atom stereocenters. The number of aliphatic hydroxyl groups excluding tert-OH is 1. The van der Waals surface area contributed by atoms with E-state index in [0.717, 1.165) is 20.8 Å². The molecule has 0 saturated heterocycles. The maximum atomic E-state index is 9.23. The maximum absolute atomic E-state index is 9.23. The highest BCUT2D eigenvalue weighted by molar-refractivity contribution is 7.18. The van der Waals surface area contributed by atoms with Crippen molar-refractivity contribution >= 4 is 21.6 Å². The predicted molar refractivity (Wildman–Crippen MR) is 64.2 cm³/mol. The van der Waals surface area contributed by atoms with Crippen molar-refractivity contribution in [1.29, 1.82) is 0 Å². The van der Waals surface area contributed by atoms with E-state index in [1.165, 1.54) is 0 Å². The van der Waals surface area contributed by atoms with Crippen LogP contribution in [-0.4, -0.2) is 10.1 Å². The number of fused-ring (bicyclic) bond motifs is 1. The van der Waals surface area contributed by atoms with Crippen LogP contribution in [0.2, 0.25) is 0 Å². The topological polar surface area (TPSA) is 33.1 Å². The van der Waals surface area contributed by atoms with E-state index in [1.54, 1.807) is 11.3 Å². The third-order valence-electron chi connectivity index (χ3n) is 2.31. The minimum atomic E-state index is 0.0798. The number of aliphatic hydroxyl groups is 1. The summed E-state index contributed by atoms with van der Waals surface area (Å²) >= 11 is 1.68. The summed E-state index contributed by atoms with van der Waals surface area (Å²) in [6.45, 7) is 6.55. The summed E-state index contributed by atoms with van der Waals surface area (Å²) in [5.74, 6) is 0. The van der Waals surface area contributed by atoms with Crippen LogP contribution in [0.25, 0.3) is 10.2 Å². The number of aromatic nitrogens is 1. The van der Waals surface area contributed by atoms with Crippen molar-refractivity contribution in [3.05, 3.63) is 28.8 Å². The number of rotatable bonds is 1. The summed E-state index contributed by atoms with van der Waals surface area (Å²) in [6, 6.07) is 5.90. The van der Waals surface area contributed by atoms with Crippen LogP contribution in [0, 0.1) is 0 Å². The monoisotopic (exact) mass is 221 g/mol. The lowest BCUT2D eigenvalue weighted by molar-refractivity contribution is 0.283. The molecule has 0 atom stereocenters. The summed E-state index contributed by atoms with van der Waals surface area (Å²) in [5.41, 5.74) is 2.05. The molecule has 0 aliphatic heterocycles. The van der Waals surface area contributed by atoms with Crippen LogP contribution in [0.3, 0.4) is 0 Å². The first kappa shape index (κ1) is 10.6. The van der Waals surface area contributed by atoms with E-state index in [4.69, 9.17) is 0 Å². The van der Waals surface area contributed by atoms with E-state index in [-0.39, 0.29) is 12.0 Å². The summed E-state index contributed by atoms with van der Waals surface area (Å²) < 4.78 is 1.12. The van der Waals surface area contributed by atoms with Gasteiger partial charge in [0.05, 0.1) is 21.8 Å². The molecule has 2 aromatic rings.